The zero-order valence-electron chi connectivity index (χ0n) is 26.2. The van der Waals surface area contributed by atoms with Crippen LogP contribution >= 0.6 is 0 Å². The Balaban J connectivity index is 2.10. The van der Waals surface area contributed by atoms with Crippen LogP contribution in [-0.4, -0.2) is 48.2 Å². The summed E-state index contributed by atoms with van der Waals surface area (Å²) in [7, 11) is -1.21. The van der Waals surface area contributed by atoms with Gasteiger partial charge in [-0.05, 0) is 50.7 Å². The molecule has 1 aliphatic heterocycles. The Morgan fingerprint density at radius 3 is 2.47 bits per heavy atom. The van der Waals surface area contributed by atoms with Crippen molar-refractivity contribution in [2.45, 2.75) is 60.8 Å². The average molecular weight is 472 g/mol. The van der Waals surface area contributed by atoms with Gasteiger partial charge in [-0.2, -0.15) is 0 Å². The minimum atomic E-state index is -2.66. The number of ether oxygens (including phenoxy) is 1. The van der Waals surface area contributed by atoms with E-state index in [1.54, 1.807) is 6.92 Å². The van der Waals surface area contributed by atoms with Gasteiger partial charge in [0.15, 0.2) is 0 Å². The van der Waals surface area contributed by atoms with Gasteiger partial charge in [0, 0.05) is 30.4 Å². The van der Waals surface area contributed by atoms with E-state index in [0.29, 0.717) is 23.2 Å². The Kier molecular flexibility index (Phi) is 5.54. The topological polar surface area (TPSA) is 88.1 Å². The minimum Gasteiger partial charge on any atom is -0.491 e. The summed E-state index contributed by atoms with van der Waals surface area (Å²) in [6, 6.07) is 5.79. The molecule has 2 aromatic carbocycles. The van der Waals surface area contributed by atoms with Gasteiger partial charge in [-0.15, -0.1) is 0 Å². The molecule has 0 saturated carbocycles. The first-order valence-corrected chi connectivity index (χ1v) is 11.2. The number of hydrogen-bond donors (Lipinski definition) is 2. The highest BCUT2D eigenvalue weighted by molar-refractivity contribution is 6.61. The maximum Gasteiger partial charge on any atom is 0.495 e. The van der Waals surface area contributed by atoms with Gasteiger partial charge < -0.3 is 14.4 Å². The van der Waals surface area contributed by atoms with Crippen molar-refractivity contribution in [1.82, 2.24) is 10.4 Å². The van der Waals surface area contributed by atoms with Crippen molar-refractivity contribution < 1.29 is 32.2 Å². The molecule has 0 aromatic heterocycles. The van der Waals surface area contributed by atoms with Crippen LogP contribution in [0, 0.1) is 26.0 Å². The van der Waals surface area contributed by atoms with E-state index >= 15 is 0 Å². The number of amides is 2. The number of carbonyl (C=O) groups is 2. The number of benzene rings is 2. The maximum atomic E-state index is 14.0. The van der Waals surface area contributed by atoms with Crippen LogP contribution in [0.5, 0.6) is 5.75 Å². The van der Waals surface area contributed by atoms with Crippen LogP contribution in [0.3, 0.4) is 0 Å². The fraction of sp³-hybridized carbons (Fsp3) is 0.462. The number of rotatable bonds is 4. The minimum absolute atomic E-state index is 0.163. The second-order valence-corrected chi connectivity index (χ2v) is 9.43. The third-order valence-corrected chi connectivity index (χ3v) is 5.87. The average Bonchev–Trinajstić information content (AvgIpc) is 3.03. The molecule has 1 heterocycles. The highest BCUT2D eigenvalue weighted by atomic mass is 16.6. The largest absolute Gasteiger partial charge is 0.495 e. The molecule has 0 fully saturated rings. The van der Waals surface area contributed by atoms with Crippen molar-refractivity contribution >= 4 is 24.4 Å². The van der Waals surface area contributed by atoms with Crippen LogP contribution < -0.4 is 15.6 Å². The lowest BCUT2D eigenvalue weighted by atomic mass is 9.77. The van der Waals surface area contributed by atoms with Crippen molar-refractivity contribution in [1.29, 1.82) is 0 Å². The van der Waals surface area contributed by atoms with E-state index in [1.807, 2.05) is 27.7 Å². The summed E-state index contributed by atoms with van der Waals surface area (Å²) < 4.78 is 57.9. The van der Waals surface area contributed by atoms with Crippen LogP contribution in [0.1, 0.15) is 79.7 Å². The fourth-order valence-corrected chi connectivity index (χ4v) is 4.25. The van der Waals surface area contributed by atoms with Gasteiger partial charge in [0.25, 0.3) is 11.8 Å². The SMILES string of the molecule is [2H]C([2H])([2H])c1cc(C(=O)N(NC(=O)c2ccc3c(c2C)OCCOB3O)[C@@H](CC)C(C)(C)C)cc(C([2H])([2H])[2H])c1. The summed E-state index contributed by atoms with van der Waals surface area (Å²) in [6.07, 6.45) is 0.427. The van der Waals surface area contributed by atoms with Crippen molar-refractivity contribution in [2.24, 2.45) is 5.41 Å². The van der Waals surface area contributed by atoms with Crippen LogP contribution in [0.2, 0.25) is 0 Å². The Morgan fingerprint density at radius 2 is 1.88 bits per heavy atom. The van der Waals surface area contributed by atoms with Gasteiger partial charge >= 0.3 is 7.12 Å². The molecule has 1 atom stereocenters. The molecule has 2 amide bonds. The lowest BCUT2D eigenvalue weighted by Crippen LogP contribution is -2.56. The molecule has 0 saturated heterocycles. The molecule has 2 N–H and O–H groups in total. The van der Waals surface area contributed by atoms with E-state index in [2.05, 4.69) is 5.43 Å². The van der Waals surface area contributed by atoms with Gasteiger partial charge in [0.2, 0.25) is 0 Å². The molecule has 182 valence electrons. The van der Waals surface area contributed by atoms with E-state index in [9.17, 15) is 14.6 Å². The molecule has 2 aromatic rings. The smallest absolute Gasteiger partial charge is 0.491 e. The Bertz CT molecular complexity index is 1240. The number of hydrazine groups is 1. The summed E-state index contributed by atoms with van der Waals surface area (Å²) >= 11 is 0. The molecule has 8 heteroatoms. The molecule has 7 nitrogen and oxygen atoms in total. The Labute approximate surface area is 211 Å². The fourth-order valence-electron chi connectivity index (χ4n) is 4.25. The summed E-state index contributed by atoms with van der Waals surface area (Å²) in [5.74, 6) is -1.08. The van der Waals surface area contributed by atoms with Crippen molar-refractivity contribution in [2.75, 3.05) is 13.2 Å². The van der Waals surface area contributed by atoms with Gasteiger partial charge in [-0.25, -0.2) is 5.01 Å². The van der Waals surface area contributed by atoms with Crippen LogP contribution in [0.4, 0.5) is 0 Å². The first kappa shape index (κ1) is 18.5. The predicted octanol–water partition coefficient (Wildman–Crippen LogP) is 3.32. The van der Waals surface area contributed by atoms with E-state index in [-0.39, 0.29) is 35.5 Å². The van der Waals surface area contributed by atoms with E-state index < -0.39 is 44.1 Å². The normalized spacial score (nSPS) is 17.9. The summed E-state index contributed by atoms with van der Waals surface area (Å²) in [4.78, 5) is 27.6. The van der Waals surface area contributed by atoms with E-state index in [0.717, 1.165) is 23.2 Å². The molecule has 0 aliphatic carbocycles. The molecule has 0 radical (unpaired) electrons. The number of nitrogens with one attached hydrogen (secondary N) is 1. The zero-order chi connectivity index (χ0) is 30.2. The summed E-state index contributed by atoms with van der Waals surface area (Å²) in [5, 5.41) is 11.4. The zero-order valence-corrected chi connectivity index (χ0v) is 20.2. The monoisotopic (exact) mass is 472 g/mol. The van der Waals surface area contributed by atoms with Gasteiger partial charge in [-0.1, -0.05) is 51.0 Å². The molecular formula is C26H35BN2O5. The number of aryl methyl sites for hydroxylation is 2. The second-order valence-electron chi connectivity index (χ2n) is 9.43. The molecule has 3 rings (SSSR count). The molecule has 34 heavy (non-hydrogen) atoms. The number of carbonyl (C=O) groups excluding carboxylic acids is 2. The second kappa shape index (κ2) is 10.2. The first-order chi connectivity index (χ1) is 18.4. The van der Waals surface area contributed by atoms with Crippen LogP contribution in [-0.2, 0) is 4.65 Å². The van der Waals surface area contributed by atoms with Gasteiger partial charge in [0.05, 0.1) is 12.6 Å². The quantitative estimate of drug-likeness (QED) is 0.527. The van der Waals surface area contributed by atoms with E-state index in [4.69, 9.17) is 17.6 Å². The third kappa shape index (κ3) is 5.45. The Hall–Kier alpha value is -2.84. The molecule has 0 bridgehead atoms. The third-order valence-electron chi connectivity index (χ3n) is 5.87. The highest BCUT2D eigenvalue weighted by Gasteiger charge is 2.35. The molecule has 1 aliphatic rings. The van der Waals surface area contributed by atoms with Gasteiger partial charge in [-0.3, -0.25) is 15.0 Å². The first-order valence-electron chi connectivity index (χ1n) is 14.2. The predicted molar refractivity (Wildman–Crippen MR) is 133 cm³/mol. The van der Waals surface area contributed by atoms with E-state index in [1.165, 1.54) is 12.1 Å². The Morgan fingerprint density at radius 1 is 1.21 bits per heavy atom. The lowest BCUT2D eigenvalue weighted by Gasteiger charge is -2.39. The number of fused-ring (bicyclic) bond motifs is 1. The number of nitrogens with zero attached hydrogens (tertiary/aromatic N) is 1. The van der Waals surface area contributed by atoms with Crippen LogP contribution in [0.15, 0.2) is 30.3 Å². The van der Waals surface area contributed by atoms with Crippen molar-refractivity contribution in [3.8, 4) is 5.75 Å². The van der Waals surface area contributed by atoms with Gasteiger partial charge in [0.1, 0.15) is 12.4 Å². The standard InChI is InChI=1S/C26H35BN2O5/c1-8-22(26(5,6)7)29(25(31)19-14-16(2)13-17(3)15-19)28-24(30)20-9-10-21-23(18(20)4)33-11-12-34-27(21)32/h9-10,13-15,22,32H,8,11-12H2,1-7H3,(H,28,30)/t22-/m0/s1/i2D3,3D3. The summed E-state index contributed by atoms with van der Waals surface area (Å²) in [5.41, 5.74) is 2.40. The maximum absolute atomic E-state index is 14.0. The molecule has 0 spiro atoms. The molecular weight excluding hydrogens is 431 g/mol. The highest BCUT2D eigenvalue weighted by Crippen LogP contribution is 2.28. The number of hydrogen-bond acceptors (Lipinski definition) is 5. The van der Waals surface area contributed by atoms with Crippen molar-refractivity contribution in [3.63, 3.8) is 0 Å². The molecule has 0 unspecified atom stereocenters. The summed E-state index contributed by atoms with van der Waals surface area (Å²) in [6.45, 7) is 4.19. The van der Waals surface area contributed by atoms with Crippen LogP contribution in [0.25, 0.3) is 0 Å². The lowest BCUT2D eigenvalue weighted by molar-refractivity contribution is 0.0284. The van der Waals surface area contributed by atoms with Crippen molar-refractivity contribution in [3.05, 3.63) is 58.1 Å².